The number of nitrogens with one attached hydrogen (secondary N) is 2. The third-order valence-corrected chi connectivity index (χ3v) is 3.11. The van der Waals surface area contributed by atoms with Crippen LogP contribution in [0.5, 0.6) is 0 Å². The number of hydrogen-bond donors (Lipinski definition) is 5. The molecule has 2 amide bonds. The molecule has 2 unspecified atom stereocenters. The standard InChI is InChI=1S/C10H16N2O5/c1-4-5(2-11-10(16)12-4)9-8(15)7(14)6(3-13)17-9/h6-9,13-15H,2-3H2,1H3,(H2,11,12,16)/t6-,7?,8?,9+/m1/s1. The average Bonchev–Trinajstić information content (AvgIpc) is 2.57. The fourth-order valence-corrected chi connectivity index (χ4v) is 2.10. The van der Waals surface area contributed by atoms with Crippen LogP contribution in [-0.4, -0.2) is 58.9 Å². The zero-order chi connectivity index (χ0) is 12.6. The molecule has 1 saturated heterocycles. The van der Waals surface area contributed by atoms with Crippen molar-refractivity contribution in [3.05, 3.63) is 11.3 Å². The predicted octanol–water partition coefficient (Wildman–Crippen LogP) is -1.95. The molecule has 0 aliphatic carbocycles. The molecule has 7 nitrogen and oxygen atoms in total. The number of hydrogen-bond acceptors (Lipinski definition) is 5. The summed E-state index contributed by atoms with van der Waals surface area (Å²) in [7, 11) is 0. The highest BCUT2D eigenvalue weighted by atomic mass is 16.6. The first-order valence-corrected chi connectivity index (χ1v) is 5.41. The van der Waals surface area contributed by atoms with Crippen LogP contribution in [0.1, 0.15) is 6.92 Å². The van der Waals surface area contributed by atoms with Crippen LogP contribution in [0.4, 0.5) is 4.79 Å². The second-order valence-electron chi connectivity index (χ2n) is 4.22. The molecule has 2 aliphatic heterocycles. The zero-order valence-corrected chi connectivity index (χ0v) is 9.38. The number of amides is 2. The molecule has 0 saturated carbocycles. The summed E-state index contributed by atoms with van der Waals surface area (Å²) in [5.41, 5.74) is 1.27. The number of ether oxygens (including phenoxy) is 1. The molecule has 96 valence electrons. The molecule has 2 rings (SSSR count). The van der Waals surface area contributed by atoms with Crippen molar-refractivity contribution in [1.82, 2.24) is 10.6 Å². The Labute approximate surface area is 98.1 Å². The second-order valence-corrected chi connectivity index (χ2v) is 4.22. The fourth-order valence-electron chi connectivity index (χ4n) is 2.10. The Morgan fingerprint density at radius 2 is 2.12 bits per heavy atom. The first-order chi connectivity index (χ1) is 8.04. The van der Waals surface area contributed by atoms with E-state index in [1.807, 2.05) is 0 Å². The van der Waals surface area contributed by atoms with Gasteiger partial charge < -0.3 is 30.7 Å². The third-order valence-electron chi connectivity index (χ3n) is 3.11. The number of aliphatic hydroxyl groups excluding tert-OH is 3. The van der Waals surface area contributed by atoms with E-state index in [2.05, 4.69) is 10.6 Å². The number of carbonyl (C=O) groups is 1. The third kappa shape index (κ3) is 2.14. The zero-order valence-electron chi connectivity index (χ0n) is 9.38. The highest BCUT2D eigenvalue weighted by molar-refractivity contribution is 5.77. The summed E-state index contributed by atoms with van der Waals surface area (Å²) in [4.78, 5) is 11.1. The summed E-state index contributed by atoms with van der Waals surface area (Å²) in [6, 6.07) is -0.307. The number of urea groups is 1. The lowest BCUT2D eigenvalue weighted by Crippen LogP contribution is -2.45. The Balaban J connectivity index is 2.18. The van der Waals surface area contributed by atoms with Gasteiger partial charge in [-0.05, 0) is 12.5 Å². The van der Waals surface area contributed by atoms with E-state index in [1.165, 1.54) is 0 Å². The minimum atomic E-state index is -1.12. The van der Waals surface area contributed by atoms with Crippen molar-refractivity contribution in [1.29, 1.82) is 0 Å². The van der Waals surface area contributed by atoms with E-state index < -0.39 is 24.4 Å². The molecule has 0 aromatic rings. The van der Waals surface area contributed by atoms with Gasteiger partial charge in [-0.25, -0.2) is 4.79 Å². The molecular formula is C10H16N2O5. The van der Waals surface area contributed by atoms with Gasteiger partial charge in [-0.15, -0.1) is 0 Å². The van der Waals surface area contributed by atoms with E-state index in [9.17, 15) is 15.0 Å². The maximum Gasteiger partial charge on any atom is 0.319 e. The van der Waals surface area contributed by atoms with Crippen molar-refractivity contribution < 1.29 is 24.9 Å². The SMILES string of the molecule is CC1=C([C@@H]2O[C@H](CO)C(O)C2O)CNC(=O)N1. The van der Waals surface area contributed by atoms with Gasteiger partial charge >= 0.3 is 6.03 Å². The molecule has 0 spiro atoms. The number of rotatable bonds is 2. The number of carbonyl (C=O) groups excluding carboxylic acids is 1. The van der Waals surface area contributed by atoms with E-state index in [0.29, 0.717) is 11.3 Å². The lowest BCUT2D eigenvalue weighted by molar-refractivity contribution is -0.0145. The second kappa shape index (κ2) is 4.61. The molecule has 1 fully saturated rings. The van der Waals surface area contributed by atoms with Gasteiger partial charge in [0.1, 0.15) is 24.4 Å². The van der Waals surface area contributed by atoms with Crippen molar-refractivity contribution in [2.24, 2.45) is 0 Å². The topological polar surface area (TPSA) is 111 Å². The van der Waals surface area contributed by atoms with Crippen molar-refractivity contribution in [2.45, 2.75) is 31.3 Å². The largest absolute Gasteiger partial charge is 0.394 e. The van der Waals surface area contributed by atoms with Crippen molar-refractivity contribution >= 4 is 6.03 Å². The van der Waals surface area contributed by atoms with E-state index in [4.69, 9.17) is 9.84 Å². The van der Waals surface area contributed by atoms with Crippen LogP contribution in [0.2, 0.25) is 0 Å². The molecule has 2 heterocycles. The van der Waals surface area contributed by atoms with E-state index in [-0.39, 0.29) is 19.2 Å². The molecule has 4 atom stereocenters. The summed E-state index contributed by atoms with van der Waals surface area (Å²) in [5.74, 6) is 0. The Hall–Kier alpha value is -1.15. The molecular weight excluding hydrogens is 228 g/mol. The Morgan fingerprint density at radius 3 is 2.65 bits per heavy atom. The van der Waals surface area contributed by atoms with Crippen LogP contribution in [0.25, 0.3) is 0 Å². The summed E-state index contributed by atoms with van der Waals surface area (Å²) >= 11 is 0. The Kier molecular flexibility index (Phi) is 3.34. The van der Waals surface area contributed by atoms with Crippen molar-refractivity contribution in [2.75, 3.05) is 13.2 Å². The average molecular weight is 244 g/mol. The van der Waals surface area contributed by atoms with Gasteiger partial charge in [-0.3, -0.25) is 0 Å². The maximum atomic E-state index is 11.1. The van der Waals surface area contributed by atoms with Gasteiger partial charge in [0, 0.05) is 12.2 Å². The lowest BCUT2D eigenvalue weighted by atomic mass is 9.99. The van der Waals surface area contributed by atoms with Gasteiger partial charge in [0.05, 0.1) is 6.61 Å². The lowest BCUT2D eigenvalue weighted by Gasteiger charge is -2.25. The van der Waals surface area contributed by atoms with Crippen molar-refractivity contribution in [3.63, 3.8) is 0 Å². The number of allylic oxidation sites excluding steroid dienone is 1. The molecule has 7 heteroatoms. The summed E-state index contributed by atoms with van der Waals surface area (Å²) in [6.45, 7) is 1.59. The number of aliphatic hydroxyl groups is 3. The van der Waals surface area contributed by atoms with Crippen LogP contribution in [-0.2, 0) is 4.74 Å². The summed E-state index contributed by atoms with van der Waals surface area (Å²) in [5, 5.41) is 33.6. The van der Waals surface area contributed by atoms with Crippen LogP contribution >= 0.6 is 0 Å². The minimum Gasteiger partial charge on any atom is -0.394 e. The molecule has 5 N–H and O–H groups in total. The van der Waals surface area contributed by atoms with E-state index >= 15 is 0 Å². The van der Waals surface area contributed by atoms with Gasteiger partial charge in [0.2, 0.25) is 0 Å². The molecule has 0 bridgehead atoms. The Morgan fingerprint density at radius 1 is 1.41 bits per heavy atom. The van der Waals surface area contributed by atoms with E-state index in [0.717, 1.165) is 0 Å². The molecule has 2 aliphatic rings. The Bertz CT molecular complexity index is 357. The highest BCUT2D eigenvalue weighted by Crippen LogP contribution is 2.27. The fraction of sp³-hybridized carbons (Fsp3) is 0.700. The van der Waals surface area contributed by atoms with Crippen LogP contribution in [0.15, 0.2) is 11.3 Å². The monoisotopic (exact) mass is 244 g/mol. The molecule has 17 heavy (non-hydrogen) atoms. The van der Waals surface area contributed by atoms with E-state index in [1.54, 1.807) is 6.92 Å². The van der Waals surface area contributed by atoms with Crippen LogP contribution in [0.3, 0.4) is 0 Å². The van der Waals surface area contributed by atoms with Crippen molar-refractivity contribution in [3.8, 4) is 0 Å². The van der Waals surface area contributed by atoms with Gasteiger partial charge in [-0.2, -0.15) is 0 Å². The van der Waals surface area contributed by atoms with Gasteiger partial charge in [-0.1, -0.05) is 0 Å². The smallest absolute Gasteiger partial charge is 0.319 e. The highest BCUT2D eigenvalue weighted by Gasteiger charge is 2.44. The maximum absolute atomic E-state index is 11.1. The first-order valence-electron chi connectivity index (χ1n) is 5.41. The molecule has 0 aromatic carbocycles. The predicted molar refractivity (Wildman–Crippen MR) is 57.0 cm³/mol. The minimum absolute atomic E-state index is 0.254. The molecule has 0 aromatic heterocycles. The summed E-state index contributed by atoms with van der Waals surface area (Å²) in [6.07, 6.45) is -3.74. The molecule has 0 radical (unpaired) electrons. The van der Waals surface area contributed by atoms with Crippen LogP contribution < -0.4 is 10.6 Å². The first kappa shape index (κ1) is 12.3. The van der Waals surface area contributed by atoms with Gasteiger partial charge in [0.25, 0.3) is 0 Å². The quantitative estimate of drug-likeness (QED) is 0.388. The van der Waals surface area contributed by atoms with Gasteiger partial charge in [0.15, 0.2) is 0 Å². The van der Waals surface area contributed by atoms with Crippen LogP contribution in [0, 0.1) is 0 Å². The summed E-state index contributed by atoms with van der Waals surface area (Å²) < 4.78 is 5.38. The normalized spacial score (nSPS) is 38.0.